The average Bonchev–Trinajstić information content (AvgIpc) is 2.22. The van der Waals surface area contributed by atoms with Crippen LogP contribution in [0.4, 0.5) is 0 Å². The van der Waals surface area contributed by atoms with Crippen LogP contribution in [0, 0.1) is 6.07 Å². The van der Waals surface area contributed by atoms with Crippen molar-refractivity contribution in [3.63, 3.8) is 0 Å². The number of aromatic hydroxyl groups is 1. The Morgan fingerprint density at radius 2 is 1.31 bits per heavy atom. The molecule has 2 aromatic carbocycles. The van der Waals surface area contributed by atoms with Gasteiger partial charge in [0, 0.05) is 0 Å². The first-order valence-corrected chi connectivity index (χ1v) is 4.04. The minimum atomic E-state index is 0.322. The molecule has 2 aromatic rings. The maximum Gasteiger partial charge on any atom is 0.115 e. The lowest BCUT2D eigenvalue weighted by Crippen LogP contribution is -1.56. The summed E-state index contributed by atoms with van der Waals surface area (Å²) < 4.78 is 0. The van der Waals surface area contributed by atoms with Crippen LogP contribution in [0.5, 0.6) is 5.75 Å². The summed E-state index contributed by atoms with van der Waals surface area (Å²) in [6, 6.07) is 21.2. The molecule has 0 aliphatic carbocycles. The Bertz CT molecular complexity index is 276. The van der Waals surface area contributed by atoms with Gasteiger partial charge in [0.1, 0.15) is 5.75 Å². The van der Waals surface area contributed by atoms with Crippen molar-refractivity contribution in [1.82, 2.24) is 0 Å². The highest BCUT2D eigenvalue weighted by atomic mass is 16.3. The van der Waals surface area contributed by atoms with Gasteiger partial charge in [-0.05, 0) is 18.2 Å². The second-order valence-corrected chi connectivity index (χ2v) is 2.41. The van der Waals surface area contributed by atoms with E-state index in [1.54, 1.807) is 24.3 Å². The summed E-state index contributed by atoms with van der Waals surface area (Å²) in [5, 5.41) is 8.63. The topological polar surface area (TPSA) is 20.2 Å². The van der Waals surface area contributed by atoms with Crippen LogP contribution in [0.25, 0.3) is 0 Å². The van der Waals surface area contributed by atoms with Gasteiger partial charge in [-0.15, -0.1) is 0 Å². The monoisotopic (exact) mass is 171 g/mol. The number of hydrogen-bond donors (Lipinski definition) is 1. The molecule has 2 rings (SSSR count). The van der Waals surface area contributed by atoms with E-state index < -0.39 is 0 Å². The first kappa shape index (κ1) is 9.33. The SMILES string of the molecule is Oc1ccccc1.[c]1ccccc1. The fourth-order valence-corrected chi connectivity index (χ4v) is 0.770. The quantitative estimate of drug-likeness (QED) is 0.646. The number of hydrogen-bond acceptors (Lipinski definition) is 1. The third kappa shape index (κ3) is 4.64. The molecule has 0 saturated heterocycles. The molecular formula is C12H11O. The number of para-hydroxylation sites is 1. The standard InChI is InChI=1S/C6H6O.C6H5/c7-6-4-2-1-3-5-6;1-2-4-6-5-3-1/h1-5,7H;1-5H. The van der Waals surface area contributed by atoms with Crippen molar-refractivity contribution in [2.24, 2.45) is 0 Å². The molecule has 1 nitrogen and oxygen atoms in total. The van der Waals surface area contributed by atoms with E-state index >= 15 is 0 Å². The first-order valence-electron chi connectivity index (χ1n) is 4.04. The van der Waals surface area contributed by atoms with Gasteiger partial charge in [0.15, 0.2) is 0 Å². The van der Waals surface area contributed by atoms with E-state index in [2.05, 4.69) is 6.07 Å². The summed E-state index contributed by atoms with van der Waals surface area (Å²) in [7, 11) is 0. The molecule has 0 spiro atoms. The zero-order valence-corrected chi connectivity index (χ0v) is 7.22. The van der Waals surface area contributed by atoms with Crippen molar-refractivity contribution < 1.29 is 5.11 Å². The van der Waals surface area contributed by atoms with Gasteiger partial charge in [-0.25, -0.2) is 0 Å². The van der Waals surface area contributed by atoms with Gasteiger partial charge in [-0.2, -0.15) is 0 Å². The van der Waals surface area contributed by atoms with E-state index in [4.69, 9.17) is 5.11 Å². The van der Waals surface area contributed by atoms with E-state index in [0.29, 0.717) is 5.75 Å². The maximum atomic E-state index is 8.63. The lowest BCUT2D eigenvalue weighted by Gasteiger charge is -1.82. The van der Waals surface area contributed by atoms with Gasteiger partial charge < -0.3 is 5.11 Å². The average molecular weight is 171 g/mol. The van der Waals surface area contributed by atoms with Gasteiger partial charge in [-0.1, -0.05) is 48.5 Å². The van der Waals surface area contributed by atoms with E-state index in [1.807, 2.05) is 36.4 Å². The Balaban J connectivity index is 0.000000132. The third-order valence-electron chi connectivity index (χ3n) is 1.36. The molecule has 0 bridgehead atoms. The summed E-state index contributed by atoms with van der Waals surface area (Å²) >= 11 is 0. The predicted octanol–water partition coefficient (Wildman–Crippen LogP) is 2.88. The van der Waals surface area contributed by atoms with E-state index in [-0.39, 0.29) is 0 Å². The van der Waals surface area contributed by atoms with Crippen molar-refractivity contribution in [3.8, 4) is 5.75 Å². The van der Waals surface area contributed by atoms with Gasteiger partial charge in [0.25, 0.3) is 0 Å². The van der Waals surface area contributed by atoms with Crippen LogP contribution in [-0.2, 0) is 0 Å². The molecule has 0 fully saturated rings. The number of phenolic OH excluding ortho intramolecular Hbond substituents is 1. The molecule has 0 saturated carbocycles. The summed E-state index contributed by atoms with van der Waals surface area (Å²) in [5.41, 5.74) is 0. The van der Waals surface area contributed by atoms with Crippen LogP contribution in [0.1, 0.15) is 0 Å². The summed E-state index contributed by atoms with van der Waals surface area (Å²) in [4.78, 5) is 0. The smallest absolute Gasteiger partial charge is 0.115 e. The van der Waals surface area contributed by atoms with E-state index in [0.717, 1.165) is 0 Å². The minimum absolute atomic E-state index is 0.322. The van der Waals surface area contributed by atoms with Crippen molar-refractivity contribution in [2.75, 3.05) is 0 Å². The molecule has 1 heteroatoms. The second kappa shape index (κ2) is 5.84. The van der Waals surface area contributed by atoms with Crippen molar-refractivity contribution in [3.05, 3.63) is 66.7 Å². The normalized spacial score (nSPS) is 8.31. The van der Waals surface area contributed by atoms with E-state index in [1.165, 1.54) is 0 Å². The Labute approximate surface area is 78.3 Å². The highest BCUT2D eigenvalue weighted by Crippen LogP contribution is 2.02. The molecule has 0 aliphatic heterocycles. The lowest BCUT2D eigenvalue weighted by molar-refractivity contribution is 0.475. The van der Waals surface area contributed by atoms with Crippen LogP contribution >= 0.6 is 0 Å². The highest BCUT2D eigenvalue weighted by Gasteiger charge is 1.74. The Morgan fingerprint density at radius 3 is 1.54 bits per heavy atom. The number of phenols is 1. The number of benzene rings is 2. The molecule has 0 amide bonds. The third-order valence-corrected chi connectivity index (χ3v) is 1.36. The molecular weight excluding hydrogens is 160 g/mol. The molecule has 13 heavy (non-hydrogen) atoms. The van der Waals surface area contributed by atoms with Crippen molar-refractivity contribution in [1.29, 1.82) is 0 Å². The molecule has 1 radical (unpaired) electrons. The van der Waals surface area contributed by atoms with Crippen LogP contribution in [-0.4, -0.2) is 5.11 Å². The molecule has 0 heterocycles. The Kier molecular flexibility index (Phi) is 4.19. The van der Waals surface area contributed by atoms with Crippen LogP contribution in [0.2, 0.25) is 0 Å². The summed E-state index contributed by atoms with van der Waals surface area (Å²) in [5.74, 6) is 0.322. The molecule has 0 aliphatic rings. The number of rotatable bonds is 0. The van der Waals surface area contributed by atoms with Crippen LogP contribution in [0.15, 0.2) is 60.7 Å². The minimum Gasteiger partial charge on any atom is -0.508 e. The summed E-state index contributed by atoms with van der Waals surface area (Å²) in [6.07, 6.45) is 0. The Hall–Kier alpha value is -1.76. The Morgan fingerprint density at radius 1 is 0.769 bits per heavy atom. The van der Waals surface area contributed by atoms with Crippen LogP contribution < -0.4 is 0 Å². The van der Waals surface area contributed by atoms with Crippen LogP contribution in [0.3, 0.4) is 0 Å². The largest absolute Gasteiger partial charge is 0.508 e. The highest BCUT2D eigenvalue weighted by molar-refractivity contribution is 5.18. The summed E-state index contributed by atoms with van der Waals surface area (Å²) in [6.45, 7) is 0. The van der Waals surface area contributed by atoms with Gasteiger partial charge in [-0.3, -0.25) is 0 Å². The van der Waals surface area contributed by atoms with E-state index in [9.17, 15) is 0 Å². The zero-order valence-electron chi connectivity index (χ0n) is 7.22. The maximum absolute atomic E-state index is 8.63. The van der Waals surface area contributed by atoms with Gasteiger partial charge in [0.05, 0.1) is 0 Å². The zero-order chi connectivity index (χ0) is 9.36. The lowest BCUT2D eigenvalue weighted by atomic mass is 10.3. The van der Waals surface area contributed by atoms with Gasteiger partial charge >= 0.3 is 0 Å². The van der Waals surface area contributed by atoms with Crippen molar-refractivity contribution >= 4 is 0 Å². The molecule has 1 N–H and O–H groups in total. The fraction of sp³-hybridized carbons (Fsp3) is 0. The van der Waals surface area contributed by atoms with Gasteiger partial charge in [0.2, 0.25) is 0 Å². The molecule has 0 aromatic heterocycles. The van der Waals surface area contributed by atoms with Crippen molar-refractivity contribution in [2.45, 2.75) is 0 Å². The first-order chi connectivity index (χ1) is 6.39. The molecule has 0 unspecified atom stereocenters. The fourth-order valence-electron chi connectivity index (χ4n) is 0.770. The second-order valence-electron chi connectivity index (χ2n) is 2.41. The molecule has 65 valence electrons. The predicted molar refractivity (Wildman–Crippen MR) is 53.4 cm³/mol. The molecule has 0 atom stereocenters.